The molecule has 2 aromatic carbocycles. The number of aromatic nitrogens is 2. The van der Waals surface area contributed by atoms with E-state index in [0.717, 1.165) is 17.7 Å². The van der Waals surface area contributed by atoms with Gasteiger partial charge < -0.3 is 9.84 Å². The molecular formula is C18H13FN2O4. The molecule has 0 fully saturated rings. The van der Waals surface area contributed by atoms with Gasteiger partial charge in [0.2, 0.25) is 5.69 Å². The van der Waals surface area contributed by atoms with Crippen molar-refractivity contribution >= 4 is 5.97 Å². The van der Waals surface area contributed by atoms with Gasteiger partial charge in [-0.3, -0.25) is 4.79 Å². The highest BCUT2D eigenvalue weighted by atomic mass is 19.1. The third-order valence-electron chi connectivity index (χ3n) is 3.42. The highest BCUT2D eigenvalue weighted by Gasteiger charge is 2.19. The summed E-state index contributed by atoms with van der Waals surface area (Å²) in [5, 5.41) is 13.1. The van der Waals surface area contributed by atoms with E-state index in [4.69, 9.17) is 4.74 Å². The average Bonchev–Trinajstić information content (AvgIpc) is 2.61. The van der Waals surface area contributed by atoms with Gasteiger partial charge in [-0.05, 0) is 17.7 Å². The van der Waals surface area contributed by atoms with Crippen LogP contribution < -0.4 is 10.3 Å². The Morgan fingerprint density at radius 3 is 2.48 bits per heavy atom. The van der Waals surface area contributed by atoms with Crippen molar-refractivity contribution in [3.63, 3.8) is 0 Å². The van der Waals surface area contributed by atoms with Gasteiger partial charge in [-0.1, -0.05) is 42.5 Å². The second kappa shape index (κ2) is 6.96. The molecule has 0 aliphatic carbocycles. The van der Waals surface area contributed by atoms with Crippen molar-refractivity contribution in [2.45, 2.75) is 6.61 Å². The number of para-hydroxylation sites is 1. The number of rotatable bonds is 5. The zero-order valence-corrected chi connectivity index (χ0v) is 12.9. The number of ether oxygens (including phenoxy) is 1. The van der Waals surface area contributed by atoms with Crippen LogP contribution in [0.1, 0.15) is 16.1 Å². The number of aromatic carboxylic acids is 1. The molecule has 0 saturated carbocycles. The van der Waals surface area contributed by atoms with E-state index >= 15 is 0 Å². The summed E-state index contributed by atoms with van der Waals surface area (Å²) in [6, 6.07) is 15.5. The molecule has 0 spiro atoms. The van der Waals surface area contributed by atoms with Crippen LogP contribution in [-0.4, -0.2) is 20.9 Å². The molecule has 0 unspecified atom stereocenters. The molecule has 0 atom stereocenters. The van der Waals surface area contributed by atoms with E-state index in [1.807, 2.05) is 18.2 Å². The van der Waals surface area contributed by atoms with Crippen LogP contribution in [0.15, 0.2) is 65.5 Å². The van der Waals surface area contributed by atoms with Crippen LogP contribution in [0, 0.1) is 5.82 Å². The van der Waals surface area contributed by atoms with Gasteiger partial charge in [0.05, 0.1) is 6.07 Å². The summed E-state index contributed by atoms with van der Waals surface area (Å²) in [7, 11) is 0. The highest BCUT2D eigenvalue weighted by molar-refractivity contribution is 5.88. The van der Waals surface area contributed by atoms with Gasteiger partial charge in [0.1, 0.15) is 18.1 Å². The smallest absolute Gasteiger partial charge is 0.360 e. The molecular weight excluding hydrogens is 327 g/mol. The number of halogens is 1. The van der Waals surface area contributed by atoms with Gasteiger partial charge in [-0.15, -0.1) is 0 Å². The van der Waals surface area contributed by atoms with Gasteiger partial charge in [0.25, 0.3) is 5.56 Å². The minimum Gasteiger partial charge on any atom is -0.486 e. The van der Waals surface area contributed by atoms with Crippen molar-refractivity contribution < 1.29 is 19.0 Å². The number of carbonyl (C=O) groups is 1. The van der Waals surface area contributed by atoms with E-state index in [9.17, 15) is 19.1 Å². The summed E-state index contributed by atoms with van der Waals surface area (Å²) in [5.74, 6) is -2.24. The van der Waals surface area contributed by atoms with E-state index in [-0.39, 0.29) is 18.0 Å². The van der Waals surface area contributed by atoms with E-state index in [1.165, 1.54) is 18.2 Å². The van der Waals surface area contributed by atoms with Crippen molar-refractivity contribution in [1.29, 1.82) is 0 Å². The highest BCUT2D eigenvalue weighted by Crippen LogP contribution is 2.17. The Hall–Kier alpha value is -3.48. The van der Waals surface area contributed by atoms with Crippen LogP contribution in [-0.2, 0) is 6.61 Å². The number of hydrogen-bond acceptors (Lipinski definition) is 4. The summed E-state index contributed by atoms with van der Waals surface area (Å²) >= 11 is 0. The van der Waals surface area contributed by atoms with Gasteiger partial charge in [-0.25, -0.2) is 9.18 Å². The Kier molecular flexibility index (Phi) is 4.56. The molecule has 0 aliphatic rings. The third kappa shape index (κ3) is 3.55. The first-order valence-corrected chi connectivity index (χ1v) is 7.35. The molecule has 25 heavy (non-hydrogen) atoms. The maximum absolute atomic E-state index is 13.9. The summed E-state index contributed by atoms with van der Waals surface area (Å²) in [5.41, 5.74) is -0.501. The lowest BCUT2D eigenvalue weighted by molar-refractivity contribution is 0.0682. The summed E-state index contributed by atoms with van der Waals surface area (Å²) in [6.45, 7) is 0.0753. The molecule has 0 bridgehead atoms. The van der Waals surface area contributed by atoms with Gasteiger partial charge in [0, 0.05) is 0 Å². The Morgan fingerprint density at radius 1 is 1.12 bits per heavy atom. The maximum atomic E-state index is 13.9. The molecule has 1 heterocycles. The Balaban J connectivity index is 2.00. The standard InChI is InChI=1S/C18H13FN2O4/c19-13-8-4-5-9-14(13)21-16(22)10-15(17(20-21)18(23)24)25-11-12-6-2-1-3-7-12/h1-10H,11H2,(H,23,24). The number of carboxylic acids is 1. The molecule has 0 amide bonds. The van der Waals surface area contributed by atoms with Crippen molar-refractivity contribution in [2.24, 2.45) is 0 Å². The lowest BCUT2D eigenvalue weighted by Crippen LogP contribution is -2.25. The van der Waals surface area contributed by atoms with Crippen LogP contribution in [0.25, 0.3) is 5.69 Å². The van der Waals surface area contributed by atoms with E-state index < -0.39 is 23.0 Å². The van der Waals surface area contributed by atoms with Gasteiger partial charge in [0.15, 0.2) is 5.75 Å². The monoisotopic (exact) mass is 340 g/mol. The largest absolute Gasteiger partial charge is 0.486 e. The first-order chi connectivity index (χ1) is 12.1. The lowest BCUT2D eigenvalue weighted by Gasteiger charge is -2.11. The van der Waals surface area contributed by atoms with E-state index in [0.29, 0.717) is 4.68 Å². The topological polar surface area (TPSA) is 81.4 Å². The number of hydrogen-bond donors (Lipinski definition) is 1. The summed E-state index contributed by atoms with van der Waals surface area (Å²) in [4.78, 5) is 23.7. The summed E-state index contributed by atoms with van der Waals surface area (Å²) < 4.78 is 20.0. The fourth-order valence-corrected chi connectivity index (χ4v) is 2.23. The zero-order chi connectivity index (χ0) is 17.8. The minimum atomic E-state index is -1.38. The van der Waals surface area contributed by atoms with Crippen LogP contribution in [0.5, 0.6) is 5.75 Å². The molecule has 126 valence electrons. The predicted octanol–water partition coefficient (Wildman–Crippen LogP) is 2.65. The van der Waals surface area contributed by atoms with Crippen molar-refractivity contribution in [3.05, 3.63) is 88.1 Å². The van der Waals surface area contributed by atoms with Crippen LogP contribution >= 0.6 is 0 Å². The van der Waals surface area contributed by atoms with Crippen molar-refractivity contribution in [3.8, 4) is 11.4 Å². The molecule has 1 N–H and O–H groups in total. The second-order valence-electron chi connectivity index (χ2n) is 5.14. The SMILES string of the molecule is O=C(O)c1nn(-c2ccccc2F)c(=O)cc1OCc1ccccc1. The van der Waals surface area contributed by atoms with Crippen molar-refractivity contribution in [1.82, 2.24) is 9.78 Å². The Morgan fingerprint density at radius 2 is 1.80 bits per heavy atom. The van der Waals surface area contributed by atoms with Gasteiger partial charge in [-0.2, -0.15) is 9.78 Å². The van der Waals surface area contributed by atoms with E-state index in [1.54, 1.807) is 12.1 Å². The molecule has 1 aromatic heterocycles. The lowest BCUT2D eigenvalue weighted by atomic mass is 10.2. The quantitative estimate of drug-likeness (QED) is 0.772. The zero-order valence-electron chi connectivity index (χ0n) is 12.9. The molecule has 0 aliphatic heterocycles. The molecule has 6 nitrogen and oxygen atoms in total. The predicted molar refractivity (Wildman–Crippen MR) is 87.5 cm³/mol. The van der Waals surface area contributed by atoms with Gasteiger partial charge >= 0.3 is 5.97 Å². The van der Waals surface area contributed by atoms with Crippen LogP contribution in [0.3, 0.4) is 0 Å². The first kappa shape index (κ1) is 16.4. The fraction of sp³-hybridized carbons (Fsp3) is 0.0556. The number of nitrogens with zero attached hydrogens (tertiary/aromatic N) is 2. The molecule has 3 rings (SSSR count). The molecule has 0 saturated heterocycles. The van der Waals surface area contributed by atoms with E-state index in [2.05, 4.69) is 5.10 Å². The molecule has 3 aromatic rings. The molecule has 7 heteroatoms. The second-order valence-corrected chi connectivity index (χ2v) is 5.14. The summed E-state index contributed by atoms with van der Waals surface area (Å²) in [6.07, 6.45) is 0. The minimum absolute atomic E-state index is 0.0753. The Bertz CT molecular complexity index is 970. The van der Waals surface area contributed by atoms with Crippen molar-refractivity contribution in [2.75, 3.05) is 0 Å². The normalized spacial score (nSPS) is 10.4. The average molecular weight is 340 g/mol. The Labute approximate surface area is 141 Å². The molecule has 0 radical (unpaired) electrons. The number of carboxylic acid groups (broad SMARTS) is 1. The van der Waals surface area contributed by atoms with Crippen LogP contribution in [0.2, 0.25) is 0 Å². The maximum Gasteiger partial charge on any atom is 0.360 e. The third-order valence-corrected chi connectivity index (χ3v) is 3.42. The first-order valence-electron chi connectivity index (χ1n) is 7.35. The number of benzene rings is 2. The fourth-order valence-electron chi connectivity index (χ4n) is 2.23. The van der Waals surface area contributed by atoms with Crippen LogP contribution in [0.4, 0.5) is 4.39 Å².